The first-order chi connectivity index (χ1) is 16.1. The highest BCUT2D eigenvalue weighted by atomic mass is 32.2. The first kappa shape index (κ1) is 22.7. The number of ether oxygens (including phenoxy) is 2. The molecule has 33 heavy (non-hydrogen) atoms. The first-order valence-corrected chi connectivity index (χ1v) is 11.6. The average Bonchev–Trinajstić information content (AvgIpc) is 3.39. The Morgan fingerprint density at radius 2 is 2.15 bits per heavy atom. The Balaban J connectivity index is 1.38. The summed E-state index contributed by atoms with van der Waals surface area (Å²) in [5.74, 6) is 0.808. The number of allylic oxidation sites excluding steroid dienone is 1. The van der Waals surface area contributed by atoms with E-state index in [4.69, 9.17) is 9.47 Å². The second kappa shape index (κ2) is 10.5. The molecule has 0 bridgehead atoms. The fourth-order valence-corrected chi connectivity index (χ4v) is 4.60. The number of rotatable bonds is 10. The Morgan fingerprint density at radius 1 is 1.30 bits per heavy atom. The molecule has 0 saturated heterocycles. The van der Waals surface area contributed by atoms with Crippen molar-refractivity contribution >= 4 is 44.4 Å². The number of carbonyl (C=O) groups is 1. The van der Waals surface area contributed by atoms with E-state index in [1.807, 2.05) is 18.2 Å². The summed E-state index contributed by atoms with van der Waals surface area (Å²) < 4.78 is 27.2. The van der Waals surface area contributed by atoms with E-state index < -0.39 is 5.82 Å². The van der Waals surface area contributed by atoms with Gasteiger partial charge in [-0.05, 0) is 30.3 Å². The van der Waals surface area contributed by atoms with Crippen molar-refractivity contribution in [2.75, 3.05) is 18.2 Å². The zero-order valence-electron chi connectivity index (χ0n) is 17.7. The van der Waals surface area contributed by atoms with Gasteiger partial charge >= 0.3 is 0 Å². The monoisotopic (exact) mass is 485 g/mol. The maximum atomic E-state index is 13.8. The SMILES string of the molecule is C=CCn1c(COc2ccccc2F)nnc1SCC(=O)Nc1nc2ccc(OC)cc2s1. The second-order valence-corrected chi connectivity index (χ2v) is 8.68. The van der Waals surface area contributed by atoms with Crippen molar-refractivity contribution in [3.05, 3.63) is 66.8 Å². The fourth-order valence-electron chi connectivity index (χ4n) is 2.92. The lowest BCUT2D eigenvalue weighted by molar-refractivity contribution is -0.113. The van der Waals surface area contributed by atoms with Crippen LogP contribution < -0.4 is 14.8 Å². The van der Waals surface area contributed by atoms with Gasteiger partial charge < -0.3 is 14.8 Å². The summed E-state index contributed by atoms with van der Waals surface area (Å²) in [7, 11) is 1.60. The molecule has 0 spiro atoms. The van der Waals surface area contributed by atoms with Crippen LogP contribution in [0.2, 0.25) is 0 Å². The minimum atomic E-state index is -0.452. The lowest BCUT2D eigenvalue weighted by atomic mass is 10.3. The summed E-state index contributed by atoms with van der Waals surface area (Å²) in [5, 5.41) is 12.1. The molecular weight excluding hydrogens is 465 g/mol. The van der Waals surface area contributed by atoms with Gasteiger partial charge in [0.15, 0.2) is 27.7 Å². The van der Waals surface area contributed by atoms with Crippen LogP contribution in [0.15, 0.2) is 60.3 Å². The Bertz CT molecular complexity index is 1290. The number of anilines is 1. The van der Waals surface area contributed by atoms with Gasteiger partial charge in [-0.1, -0.05) is 41.3 Å². The van der Waals surface area contributed by atoms with Crippen LogP contribution in [0.5, 0.6) is 11.5 Å². The smallest absolute Gasteiger partial charge is 0.236 e. The number of halogens is 1. The maximum absolute atomic E-state index is 13.8. The molecular formula is C22H20FN5O3S2. The molecule has 0 aliphatic carbocycles. The molecule has 0 atom stereocenters. The van der Waals surface area contributed by atoms with Gasteiger partial charge in [-0.15, -0.1) is 16.8 Å². The molecule has 0 aliphatic heterocycles. The summed E-state index contributed by atoms with van der Waals surface area (Å²) in [6.45, 7) is 4.21. The minimum absolute atomic E-state index is 0.0314. The van der Waals surface area contributed by atoms with Crippen LogP contribution in [0.25, 0.3) is 10.2 Å². The van der Waals surface area contributed by atoms with Gasteiger partial charge in [-0.3, -0.25) is 9.36 Å². The average molecular weight is 486 g/mol. The summed E-state index contributed by atoms with van der Waals surface area (Å²) in [6, 6.07) is 11.7. The molecule has 0 fully saturated rings. The van der Waals surface area contributed by atoms with Gasteiger partial charge in [0.25, 0.3) is 0 Å². The third kappa shape index (κ3) is 5.49. The quantitative estimate of drug-likeness (QED) is 0.261. The highest BCUT2D eigenvalue weighted by Gasteiger charge is 2.16. The summed E-state index contributed by atoms with van der Waals surface area (Å²) in [4.78, 5) is 16.9. The van der Waals surface area contributed by atoms with Crippen molar-refractivity contribution in [1.29, 1.82) is 0 Å². The minimum Gasteiger partial charge on any atom is -0.497 e. The molecule has 170 valence electrons. The predicted octanol–water partition coefficient (Wildman–Crippen LogP) is 4.53. The number of thioether (sulfide) groups is 1. The van der Waals surface area contributed by atoms with Crippen LogP contribution in [0.1, 0.15) is 5.82 Å². The lowest BCUT2D eigenvalue weighted by Crippen LogP contribution is -2.14. The van der Waals surface area contributed by atoms with E-state index in [1.54, 1.807) is 36.0 Å². The normalized spacial score (nSPS) is 10.8. The zero-order chi connectivity index (χ0) is 23.2. The molecule has 8 nitrogen and oxygen atoms in total. The molecule has 11 heteroatoms. The van der Waals surface area contributed by atoms with E-state index in [0.717, 1.165) is 16.0 Å². The molecule has 4 aromatic rings. The molecule has 1 N–H and O–H groups in total. The van der Waals surface area contributed by atoms with Gasteiger partial charge in [-0.25, -0.2) is 9.37 Å². The van der Waals surface area contributed by atoms with Gasteiger partial charge in [-0.2, -0.15) is 0 Å². The highest BCUT2D eigenvalue weighted by Crippen LogP contribution is 2.29. The van der Waals surface area contributed by atoms with Crippen LogP contribution in [-0.4, -0.2) is 38.5 Å². The number of aromatic nitrogens is 4. The number of amides is 1. The number of nitrogens with one attached hydrogen (secondary N) is 1. The Labute approximate surface area is 197 Å². The Hall–Kier alpha value is -3.44. The molecule has 4 rings (SSSR count). The fraction of sp³-hybridized carbons (Fsp3) is 0.182. The van der Waals surface area contributed by atoms with Crippen molar-refractivity contribution in [3.63, 3.8) is 0 Å². The third-order valence-electron chi connectivity index (χ3n) is 4.47. The summed E-state index contributed by atoms with van der Waals surface area (Å²) in [5.41, 5.74) is 0.786. The molecule has 0 saturated carbocycles. The van der Waals surface area contributed by atoms with E-state index in [2.05, 4.69) is 27.1 Å². The van der Waals surface area contributed by atoms with Crippen LogP contribution in [-0.2, 0) is 17.9 Å². The van der Waals surface area contributed by atoms with Crippen LogP contribution in [0.4, 0.5) is 9.52 Å². The van der Waals surface area contributed by atoms with E-state index in [9.17, 15) is 9.18 Å². The Morgan fingerprint density at radius 3 is 2.94 bits per heavy atom. The van der Waals surface area contributed by atoms with Crippen molar-refractivity contribution in [3.8, 4) is 11.5 Å². The number of hydrogen-bond donors (Lipinski definition) is 1. The van der Waals surface area contributed by atoms with Crippen molar-refractivity contribution in [2.45, 2.75) is 18.3 Å². The number of carbonyl (C=O) groups excluding carboxylic acids is 1. The molecule has 2 heterocycles. The van der Waals surface area contributed by atoms with Crippen molar-refractivity contribution in [1.82, 2.24) is 19.7 Å². The molecule has 1 amide bonds. The van der Waals surface area contributed by atoms with Gasteiger partial charge in [0, 0.05) is 6.54 Å². The molecule has 0 unspecified atom stereocenters. The van der Waals surface area contributed by atoms with Crippen LogP contribution >= 0.6 is 23.1 Å². The topological polar surface area (TPSA) is 91.2 Å². The number of nitrogens with zero attached hydrogens (tertiary/aromatic N) is 4. The largest absolute Gasteiger partial charge is 0.497 e. The van der Waals surface area contributed by atoms with E-state index in [0.29, 0.717) is 22.7 Å². The number of benzene rings is 2. The van der Waals surface area contributed by atoms with Gasteiger partial charge in [0.2, 0.25) is 5.91 Å². The molecule has 0 aliphatic rings. The second-order valence-electron chi connectivity index (χ2n) is 6.71. The van der Waals surface area contributed by atoms with Crippen LogP contribution in [0.3, 0.4) is 0 Å². The zero-order valence-corrected chi connectivity index (χ0v) is 19.3. The summed E-state index contributed by atoms with van der Waals surface area (Å²) in [6.07, 6.45) is 1.69. The van der Waals surface area contributed by atoms with Gasteiger partial charge in [0.05, 0.1) is 23.1 Å². The first-order valence-electron chi connectivity index (χ1n) is 9.85. The maximum Gasteiger partial charge on any atom is 0.236 e. The lowest BCUT2D eigenvalue weighted by Gasteiger charge is -2.09. The van der Waals surface area contributed by atoms with Crippen LogP contribution in [0, 0.1) is 5.82 Å². The van der Waals surface area contributed by atoms with E-state index >= 15 is 0 Å². The highest BCUT2D eigenvalue weighted by molar-refractivity contribution is 7.99. The Kier molecular flexibility index (Phi) is 7.20. The number of fused-ring (bicyclic) bond motifs is 1. The third-order valence-corrected chi connectivity index (χ3v) is 6.37. The number of thiazole rings is 1. The molecule has 0 radical (unpaired) electrons. The number of methoxy groups -OCH3 is 1. The van der Waals surface area contributed by atoms with E-state index in [1.165, 1.54) is 29.2 Å². The molecule has 2 aromatic carbocycles. The van der Waals surface area contributed by atoms with Gasteiger partial charge in [0.1, 0.15) is 12.4 Å². The summed E-state index contributed by atoms with van der Waals surface area (Å²) >= 11 is 2.60. The number of hydrogen-bond acceptors (Lipinski definition) is 8. The standard InChI is InChI=1S/C22H20FN5O3S2/c1-3-10-28-19(12-31-17-7-5-4-6-15(17)23)26-27-22(28)32-13-20(29)25-21-24-16-9-8-14(30-2)11-18(16)33-21/h3-9,11H,1,10,12-13H2,2H3,(H,24,25,29). The predicted molar refractivity (Wildman–Crippen MR) is 126 cm³/mol. The van der Waals surface area contributed by atoms with Crippen molar-refractivity contribution < 1.29 is 18.7 Å². The number of para-hydroxylation sites is 1. The van der Waals surface area contributed by atoms with Crippen molar-refractivity contribution in [2.24, 2.45) is 0 Å². The van der Waals surface area contributed by atoms with E-state index in [-0.39, 0.29) is 24.0 Å². The molecule has 2 aromatic heterocycles.